The van der Waals surface area contributed by atoms with E-state index in [-0.39, 0.29) is 16.6 Å². The number of carbonyl (C=O) groups excluding carboxylic acids is 1. The topological polar surface area (TPSA) is 120 Å². The van der Waals surface area contributed by atoms with E-state index in [2.05, 4.69) is 20.1 Å². The van der Waals surface area contributed by atoms with Gasteiger partial charge in [-0.05, 0) is 43.9 Å². The van der Waals surface area contributed by atoms with Crippen molar-refractivity contribution in [3.05, 3.63) is 30.1 Å². The number of aromatic nitrogens is 3. The number of amides is 1. The molecule has 2 fully saturated rings. The van der Waals surface area contributed by atoms with Crippen molar-refractivity contribution in [2.24, 2.45) is 5.14 Å². The average Bonchev–Trinajstić information content (AvgIpc) is 3.51. The Bertz CT molecular complexity index is 949. The van der Waals surface area contributed by atoms with Crippen LogP contribution < -0.4 is 10.5 Å². The molecule has 0 atom stereocenters. The van der Waals surface area contributed by atoms with E-state index in [1.165, 1.54) is 30.0 Å². The Morgan fingerprint density at radius 1 is 1.27 bits per heavy atom. The van der Waals surface area contributed by atoms with Crippen LogP contribution in [0, 0.1) is 0 Å². The standard InChI is InChI=1S/C16H19N5O3S2/c17-26(23,24)13-3-1-2-11(8-13)18-14(22)9-25-16-20-19-15(10-4-5-10)21(16)12-6-7-12/h1-3,8,10,12H,4-7,9H2,(H,18,22)(H2,17,23,24). The zero-order valence-electron chi connectivity index (χ0n) is 14.0. The molecule has 8 nitrogen and oxygen atoms in total. The summed E-state index contributed by atoms with van der Waals surface area (Å²) < 4.78 is 25.0. The normalized spacial score (nSPS) is 17.3. The molecule has 0 bridgehead atoms. The lowest BCUT2D eigenvalue weighted by molar-refractivity contribution is -0.113. The van der Waals surface area contributed by atoms with Gasteiger partial charge in [-0.2, -0.15) is 0 Å². The molecule has 1 aromatic carbocycles. The number of rotatable bonds is 7. The van der Waals surface area contributed by atoms with Crippen LogP contribution in [0.3, 0.4) is 0 Å². The third kappa shape index (κ3) is 3.92. The predicted molar refractivity (Wildman–Crippen MR) is 97.4 cm³/mol. The Hall–Kier alpha value is -1.91. The van der Waals surface area contributed by atoms with Crippen molar-refractivity contribution in [1.82, 2.24) is 14.8 Å². The number of nitrogens with one attached hydrogen (secondary N) is 1. The molecule has 1 aromatic heterocycles. The Morgan fingerprint density at radius 3 is 2.69 bits per heavy atom. The van der Waals surface area contributed by atoms with Gasteiger partial charge >= 0.3 is 0 Å². The van der Waals surface area contributed by atoms with Gasteiger partial charge in [-0.25, -0.2) is 13.6 Å². The largest absolute Gasteiger partial charge is 0.325 e. The third-order valence-electron chi connectivity index (χ3n) is 4.32. The average molecular weight is 393 g/mol. The minimum atomic E-state index is -3.80. The highest BCUT2D eigenvalue weighted by Crippen LogP contribution is 2.45. The maximum Gasteiger partial charge on any atom is 0.238 e. The van der Waals surface area contributed by atoms with Gasteiger partial charge in [0.05, 0.1) is 10.6 Å². The number of sulfonamides is 1. The first-order valence-corrected chi connectivity index (χ1v) is 11.0. The minimum Gasteiger partial charge on any atom is -0.325 e. The highest BCUT2D eigenvalue weighted by molar-refractivity contribution is 7.99. The van der Waals surface area contributed by atoms with Crippen molar-refractivity contribution < 1.29 is 13.2 Å². The van der Waals surface area contributed by atoms with E-state index in [0.717, 1.165) is 36.7 Å². The maximum atomic E-state index is 12.2. The molecule has 0 spiro atoms. The zero-order valence-corrected chi connectivity index (χ0v) is 15.6. The second-order valence-electron chi connectivity index (χ2n) is 6.63. The van der Waals surface area contributed by atoms with Crippen LogP contribution in [-0.4, -0.2) is 34.8 Å². The van der Waals surface area contributed by atoms with Gasteiger partial charge in [0.25, 0.3) is 0 Å². The molecule has 2 saturated carbocycles. The molecule has 1 heterocycles. The van der Waals surface area contributed by atoms with Crippen LogP contribution in [0.25, 0.3) is 0 Å². The van der Waals surface area contributed by atoms with Crippen molar-refractivity contribution in [3.63, 3.8) is 0 Å². The summed E-state index contributed by atoms with van der Waals surface area (Å²) in [6.07, 6.45) is 4.60. The summed E-state index contributed by atoms with van der Waals surface area (Å²) in [7, 11) is -3.80. The first kappa shape index (κ1) is 17.5. The van der Waals surface area contributed by atoms with Crippen LogP contribution in [0.15, 0.2) is 34.3 Å². The lowest BCUT2D eigenvalue weighted by atomic mass is 10.3. The minimum absolute atomic E-state index is 0.0366. The van der Waals surface area contributed by atoms with Crippen LogP contribution in [0.2, 0.25) is 0 Å². The third-order valence-corrected chi connectivity index (χ3v) is 6.18. The lowest BCUT2D eigenvalue weighted by Gasteiger charge is -2.09. The molecular formula is C16H19N5O3S2. The number of anilines is 1. The van der Waals surface area contributed by atoms with E-state index >= 15 is 0 Å². The number of benzene rings is 1. The van der Waals surface area contributed by atoms with E-state index in [9.17, 15) is 13.2 Å². The van der Waals surface area contributed by atoms with Gasteiger partial charge in [0.1, 0.15) is 5.82 Å². The number of thioether (sulfide) groups is 1. The summed E-state index contributed by atoms with van der Waals surface area (Å²) in [6, 6.07) is 6.36. The molecule has 10 heteroatoms. The SMILES string of the molecule is NS(=O)(=O)c1cccc(NC(=O)CSc2nnc(C3CC3)n2C2CC2)c1. The second kappa shape index (κ2) is 6.67. The van der Waals surface area contributed by atoms with E-state index in [0.29, 0.717) is 17.6 Å². The molecule has 26 heavy (non-hydrogen) atoms. The fourth-order valence-electron chi connectivity index (χ4n) is 2.76. The molecule has 138 valence electrons. The van der Waals surface area contributed by atoms with Crippen molar-refractivity contribution >= 4 is 33.4 Å². The molecule has 0 radical (unpaired) electrons. The van der Waals surface area contributed by atoms with E-state index < -0.39 is 10.0 Å². The molecule has 0 unspecified atom stereocenters. The monoisotopic (exact) mass is 393 g/mol. The van der Waals surface area contributed by atoms with Gasteiger partial charge in [0, 0.05) is 17.6 Å². The van der Waals surface area contributed by atoms with Crippen molar-refractivity contribution in [2.75, 3.05) is 11.1 Å². The summed E-state index contributed by atoms with van der Waals surface area (Å²) in [4.78, 5) is 12.2. The highest BCUT2D eigenvalue weighted by atomic mass is 32.2. The van der Waals surface area contributed by atoms with Crippen molar-refractivity contribution in [2.45, 2.75) is 47.7 Å². The quantitative estimate of drug-likeness (QED) is 0.693. The summed E-state index contributed by atoms with van der Waals surface area (Å²) in [5.74, 6) is 1.51. The molecule has 2 aliphatic carbocycles. The van der Waals surface area contributed by atoms with Crippen LogP contribution in [0.1, 0.15) is 43.5 Å². The Kier molecular flexibility index (Phi) is 4.49. The van der Waals surface area contributed by atoms with Crippen molar-refractivity contribution in [3.8, 4) is 0 Å². The molecule has 2 aromatic rings. The van der Waals surface area contributed by atoms with Crippen molar-refractivity contribution in [1.29, 1.82) is 0 Å². The van der Waals surface area contributed by atoms with Crippen LogP contribution >= 0.6 is 11.8 Å². The zero-order chi connectivity index (χ0) is 18.3. The van der Waals surface area contributed by atoms with Crippen LogP contribution in [0.4, 0.5) is 5.69 Å². The molecule has 4 rings (SSSR count). The molecule has 0 aliphatic heterocycles. The molecule has 1 amide bonds. The highest BCUT2D eigenvalue weighted by Gasteiger charge is 2.36. The number of nitrogens with two attached hydrogens (primary N) is 1. The van der Waals surface area contributed by atoms with Crippen LogP contribution in [-0.2, 0) is 14.8 Å². The number of primary sulfonamides is 1. The lowest BCUT2D eigenvalue weighted by Crippen LogP contribution is -2.16. The van der Waals surface area contributed by atoms with Crippen LogP contribution in [0.5, 0.6) is 0 Å². The van der Waals surface area contributed by atoms with Gasteiger partial charge < -0.3 is 9.88 Å². The first-order valence-electron chi connectivity index (χ1n) is 8.42. The molecule has 2 aliphatic rings. The summed E-state index contributed by atoms with van der Waals surface area (Å²) in [5, 5.41) is 17.2. The number of nitrogens with zero attached hydrogens (tertiary/aromatic N) is 3. The summed E-state index contributed by atoms with van der Waals surface area (Å²) >= 11 is 1.35. The van der Waals surface area contributed by atoms with Gasteiger partial charge in [-0.1, -0.05) is 17.8 Å². The summed E-state index contributed by atoms with van der Waals surface area (Å²) in [5.41, 5.74) is 0.393. The second-order valence-corrected chi connectivity index (χ2v) is 9.13. The summed E-state index contributed by atoms with van der Waals surface area (Å²) in [6.45, 7) is 0. The Morgan fingerprint density at radius 2 is 2.04 bits per heavy atom. The maximum absolute atomic E-state index is 12.2. The first-order chi connectivity index (χ1) is 12.4. The van der Waals surface area contributed by atoms with E-state index in [1.807, 2.05) is 0 Å². The van der Waals surface area contributed by atoms with E-state index in [4.69, 9.17) is 5.14 Å². The Balaban J connectivity index is 1.41. The molecule has 3 N–H and O–H groups in total. The smallest absolute Gasteiger partial charge is 0.238 e. The van der Waals surface area contributed by atoms with Gasteiger partial charge in [0.2, 0.25) is 15.9 Å². The van der Waals surface area contributed by atoms with Gasteiger partial charge in [0.15, 0.2) is 5.16 Å². The number of hydrogen-bond acceptors (Lipinski definition) is 6. The van der Waals surface area contributed by atoms with E-state index in [1.54, 1.807) is 6.07 Å². The predicted octanol–water partition coefficient (Wildman–Crippen LogP) is 1.87. The number of carbonyl (C=O) groups is 1. The van der Waals surface area contributed by atoms with Gasteiger partial charge in [-0.15, -0.1) is 10.2 Å². The fraction of sp³-hybridized carbons (Fsp3) is 0.438. The molecule has 0 saturated heterocycles. The molecular weight excluding hydrogens is 374 g/mol. The fourth-order valence-corrected chi connectivity index (χ4v) is 4.13. The van der Waals surface area contributed by atoms with Gasteiger partial charge in [-0.3, -0.25) is 4.79 Å². The number of hydrogen-bond donors (Lipinski definition) is 2. The Labute approximate surface area is 155 Å².